The summed E-state index contributed by atoms with van der Waals surface area (Å²) >= 11 is 0. The fourth-order valence-corrected chi connectivity index (χ4v) is 7.23. The van der Waals surface area contributed by atoms with Crippen LogP contribution in [-0.2, 0) is 6.42 Å². The van der Waals surface area contributed by atoms with E-state index in [-0.39, 0.29) is 5.41 Å². The minimum Gasteiger partial charge on any atom is -0.456 e. The molecule has 0 amide bonds. The van der Waals surface area contributed by atoms with Crippen LogP contribution < -0.4 is 4.74 Å². The number of benzene rings is 5. The molecule has 0 saturated carbocycles. The van der Waals surface area contributed by atoms with Crippen LogP contribution in [0.1, 0.15) is 31.9 Å². The molecule has 0 bridgehead atoms. The number of aryl methyl sites for hydroxylation is 1. The molecule has 4 aromatic heterocycles. The minimum absolute atomic E-state index is 0.157. The molecule has 0 N–H and O–H groups in total. The van der Waals surface area contributed by atoms with E-state index in [4.69, 9.17) is 18.6 Å². The molecule has 0 fully saturated rings. The first-order chi connectivity index (χ1) is 24.8. The van der Waals surface area contributed by atoms with Crippen molar-refractivity contribution >= 4 is 43.7 Å². The van der Waals surface area contributed by atoms with Crippen LogP contribution in [0, 0.1) is 12.3 Å². The lowest BCUT2D eigenvalue weighted by molar-refractivity contribution is 0.411. The van der Waals surface area contributed by atoms with Crippen LogP contribution >= 0.6 is 0 Å². The number of para-hydroxylation sites is 1. The number of hydrogen-bond donors (Lipinski definition) is 0. The van der Waals surface area contributed by atoms with Crippen molar-refractivity contribution in [2.45, 2.75) is 34.1 Å². The highest BCUT2D eigenvalue weighted by atomic mass is 16.5. The number of rotatable bonds is 6. The Morgan fingerprint density at radius 1 is 0.647 bits per heavy atom. The monoisotopic (exact) mass is 664 g/mol. The van der Waals surface area contributed by atoms with E-state index in [2.05, 4.69) is 93.3 Å². The maximum atomic E-state index is 6.83. The Labute approximate surface area is 296 Å². The van der Waals surface area contributed by atoms with Gasteiger partial charge in [0.15, 0.2) is 0 Å². The van der Waals surface area contributed by atoms with Gasteiger partial charge in [0.05, 0.1) is 11.4 Å². The second kappa shape index (κ2) is 12.0. The molecule has 0 unspecified atom stereocenters. The molecule has 5 nitrogen and oxygen atoms in total. The minimum atomic E-state index is 0.157. The summed E-state index contributed by atoms with van der Waals surface area (Å²) in [6.07, 6.45) is 2.75. The molecular formula is C46H36N2O3. The van der Waals surface area contributed by atoms with Gasteiger partial charge in [0.25, 0.3) is 0 Å². The van der Waals surface area contributed by atoms with Crippen molar-refractivity contribution in [2.75, 3.05) is 0 Å². The number of aromatic nitrogens is 2. The Bertz CT molecular complexity index is 2750. The summed E-state index contributed by atoms with van der Waals surface area (Å²) in [6.45, 7) is 8.88. The van der Waals surface area contributed by atoms with E-state index in [9.17, 15) is 0 Å². The Morgan fingerprint density at radius 2 is 1.47 bits per heavy atom. The molecule has 248 valence electrons. The highest BCUT2D eigenvalue weighted by Gasteiger charge is 2.22. The molecule has 5 heteroatoms. The van der Waals surface area contributed by atoms with Crippen LogP contribution in [0.4, 0.5) is 0 Å². The Balaban J connectivity index is 1.26. The zero-order valence-corrected chi connectivity index (χ0v) is 29.0. The van der Waals surface area contributed by atoms with Crippen molar-refractivity contribution in [1.29, 1.82) is 0 Å². The lowest BCUT2D eigenvalue weighted by atomic mass is 9.88. The highest BCUT2D eigenvalue weighted by Crippen LogP contribution is 2.43. The van der Waals surface area contributed by atoms with Crippen LogP contribution in [0.25, 0.3) is 77.5 Å². The van der Waals surface area contributed by atoms with Gasteiger partial charge in [-0.05, 0) is 83.6 Å². The van der Waals surface area contributed by atoms with Crippen LogP contribution in [-0.4, -0.2) is 9.97 Å². The summed E-state index contributed by atoms with van der Waals surface area (Å²) in [5.74, 6) is 1.89. The summed E-state index contributed by atoms with van der Waals surface area (Å²) in [5, 5.41) is 5.50. The number of furan rings is 2. The molecular weight excluding hydrogens is 629 g/mol. The predicted octanol–water partition coefficient (Wildman–Crippen LogP) is 13.0. The van der Waals surface area contributed by atoms with E-state index in [0.717, 1.165) is 89.5 Å². The Morgan fingerprint density at radius 3 is 2.29 bits per heavy atom. The van der Waals surface area contributed by atoms with Crippen LogP contribution in [0.2, 0.25) is 0 Å². The van der Waals surface area contributed by atoms with Crippen molar-refractivity contribution < 1.29 is 13.6 Å². The Hall–Kier alpha value is -6.20. The molecule has 0 aliphatic heterocycles. The van der Waals surface area contributed by atoms with E-state index in [1.807, 2.05) is 66.7 Å². The van der Waals surface area contributed by atoms with Crippen LogP contribution in [0.15, 0.2) is 142 Å². The van der Waals surface area contributed by atoms with Crippen molar-refractivity contribution in [3.05, 3.63) is 145 Å². The summed E-state index contributed by atoms with van der Waals surface area (Å²) in [6, 6.07) is 43.3. The zero-order valence-electron chi connectivity index (χ0n) is 29.0. The number of hydrogen-bond acceptors (Lipinski definition) is 5. The molecule has 9 aromatic rings. The first-order valence-electron chi connectivity index (χ1n) is 17.3. The van der Waals surface area contributed by atoms with E-state index in [1.54, 1.807) is 6.20 Å². The van der Waals surface area contributed by atoms with Gasteiger partial charge in [0.2, 0.25) is 5.88 Å². The highest BCUT2D eigenvalue weighted by molar-refractivity contribution is 6.22. The van der Waals surface area contributed by atoms with Gasteiger partial charge in [0.1, 0.15) is 28.3 Å². The Kier molecular flexibility index (Phi) is 7.25. The molecule has 0 atom stereocenters. The SMILES string of the molecule is Cc1c(-c2cc(Oc3cccc(-c4ccccn4)c3)nc(-c3cc4ccccc4c4c3oc3cc(CC(C)(C)C)ccc34)c2)oc2ccccc12. The first-order valence-corrected chi connectivity index (χ1v) is 17.3. The maximum Gasteiger partial charge on any atom is 0.220 e. The second-order valence-electron chi connectivity index (χ2n) is 14.5. The van der Waals surface area contributed by atoms with E-state index < -0.39 is 0 Å². The standard InChI is InChI=1S/C46H36N2O3/c1-28-34-15-7-8-18-40(34)50-44(28)32-25-39(48-42(26-32)49-33-14-11-13-31(23-33)38-17-9-10-21-47-38)37-24-30-12-5-6-16-35(30)43-36-20-19-29(27-46(2,3)4)22-41(36)51-45(37)43/h5-26H,27H2,1-4H3. The number of nitrogens with zero attached hydrogens (tertiary/aromatic N) is 2. The molecule has 5 aromatic carbocycles. The number of ether oxygens (including phenoxy) is 1. The molecule has 0 aliphatic carbocycles. The molecule has 0 spiro atoms. The van der Waals surface area contributed by atoms with Crippen molar-refractivity contribution in [1.82, 2.24) is 9.97 Å². The van der Waals surface area contributed by atoms with E-state index in [1.165, 1.54) is 5.56 Å². The van der Waals surface area contributed by atoms with Gasteiger partial charge in [-0.1, -0.05) is 93.6 Å². The van der Waals surface area contributed by atoms with Gasteiger partial charge in [0, 0.05) is 50.7 Å². The third-order valence-corrected chi connectivity index (χ3v) is 9.46. The number of pyridine rings is 2. The lowest BCUT2D eigenvalue weighted by Crippen LogP contribution is -2.08. The largest absolute Gasteiger partial charge is 0.456 e. The van der Waals surface area contributed by atoms with Gasteiger partial charge < -0.3 is 13.6 Å². The summed E-state index contributed by atoms with van der Waals surface area (Å²) in [7, 11) is 0. The average molecular weight is 665 g/mol. The van der Waals surface area contributed by atoms with Gasteiger partial charge in [-0.2, -0.15) is 0 Å². The topological polar surface area (TPSA) is 61.3 Å². The zero-order chi connectivity index (χ0) is 34.7. The fourth-order valence-electron chi connectivity index (χ4n) is 7.23. The van der Waals surface area contributed by atoms with Crippen LogP contribution in [0.3, 0.4) is 0 Å². The van der Waals surface area contributed by atoms with Gasteiger partial charge in [-0.25, -0.2) is 4.98 Å². The number of fused-ring (bicyclic) bond motifs is 6. The van der Waals surface area contributed by atoms with Gasteiger partial charge in [-0.3, -0.25) is 4.98 Å². The fraction of sp³-hybridized carbons (Fsp3) is 0.130. The summed E-state index contributed by atoms with van der Waals surface area (Å²) in [4.78, 5) is 9.70. The molecule has 9 rings (SSSR count). The molecule has 4 heterocycles. The average Bonchev–Trinajstić information content (AvgIpc) is 3.68. The van der Waals surface area contributed by atoms with Crippen molar-refractivity contribution in [2.24, 2.45) is 5.41 Å². The molecule has 0 aliphatic rings. The molecule has 51 heavy (non-hydrogen) atoms. The summed E-state index contributed by atoms with van der Waals surface area (Å²) in [5.41, 5.74) is 9.30. The maximum absolute atomic E-state index is 6.83. The quantitative estimate of drug-likeness (QED) is 0.177. The van der Waals surface area contributed by atoms with E-state index in [0.29, 0.717) is 11.6 Å². The van der Waals surface area contributed by atoms with Crippen LogP contribution in [0.5, 0.6) is 11.6 Å². The van der Waals surface area contributed by atoms with E-state index >= 15 is 0 Å². The summed E-state index contributed by atoms with van der Waals surface area (Å²) < 4.78 is 19.9. The lowest BCUT2D eigenvalue weighted by Gasteiger charge is -2.17. The van der Waals surface area contributed by atoms with Gasteiger partial charge in [-0.15, -0.1) is 0 Å². The van der Waals surface area contributed by atoms with Gasteiger partial charge >= 0.3 is 0 Å². The third-order valence-electron chi connectivity index (χ3n) is 9.46. The smallest absolute Gasteiger partial charge is 0.220 e. The predicted molar refractivity (Wildman–Crippen MR) is 207 cm³/mol. The van der Waals surface area contributed by atoms with Crippen molar-refractivity contribution in [3.63, 3.8) is 0 Å². The molecule has 0 saturated heterocycles. The molecule has 0 radical (unpaired) electrons. The first kappa shape index (κ1) is 30.8. The second-order valence-corrected chi connectivity index (χ2v) is 14.5. The normalized spacial score (nSPS) is 12.0. The third kappa shape index (κ3) is 5.71. The van der Waals surface area contributed by atoms with Crippen molar-refractivity contribution in [3.8, 4) is 45.5 Å².